The van der Waals surface area contributed by atoms with Gasteiger partial charge in [0.15, 0.2) is 0 Å². The second kappa shape index (κ2) is 12.9. The molecule has 5 heteroatoms. The molecule has 0 spiro atoms. The number of carbonyl (C=O) groups is 2. The minimum atomic E-state index is -0.492. The maximum absolute atomic E-state index is 13.6. The molecule has 196 valence electrons. The van der Waals surface area contributed by atoms with Gasteiger partial charge in [0.1, 0.15) is 11.8 Å². The van der Waals surface area contributed by atoms with Gasteiger partial charge in [-0.05, 0) is 59.9 Å². The Bertz CT molecular complexity index is 988. The van der Waals surface area contributed by atoms with Crippen molar-refractivity contribution in [1.29, 1.82) is 0 Å². The number of benzene rings is 2. The molecule has 0 bridgehead atoms. The highest BCUT2D eigenvalue weighted by molar-refractivity contribution is 5.88. The molecule has 2 amide bonds. The lowest BCUT2D eigenvalue weighted by atomic mass is 9.86. The zero-order valence-corrected chi connectivity index (χ0v) is 22.8. The van der Waals surface area contributed by atoms with Crippen molar-refractivity contribution in [2.75, 3.05) is 7.11 Å². The third kappa shape index (κ3) is 7.84. The fraction of sp³-hybridized carbons (Fsp3) is 0.548. The Hall–Kier alpha value is -2.82. The van der Waals surface area contributed by atoms with Crippen LogP contribution in [0.5, 0.6) is 5.75 Å². The quantitative estimate of drug-likeness (QED) is 0.431. The number of aryl methyl sites for hydroxylation is 1. The van der Waals surface area contributed by atoms with E-state index in [1.807, 2.05) is 31.2 Å². The van der Waals surface area contributed by atoms with Crippen molar-refractivity contribution in [3.05, 3.63) is 65.2 Å². The van der Waals surface area contributed by atoms with Gasteiger partial charge < -0.3 is 15.0 Å². The van der Waals surface area contributed by atoms with Crippen molar-refractivity contribution in [2.24, 2.45) is 0 Å². The van der Waals surface area contributed by atoms with Crippen LogP contribution in [-0.2, 0) is 28.0 Å². The SMILES string of the molecule is CC[C@@H](C(=O)NC1CCCCC1)N(Cc1cccc(OC)c1)C(=O)CCc1ccc(C(C)(C)C)cc1. The number of carbonyl (C=O) groups excluding carboxylic acids is 2. The summed E-state index contributed by atoms with van der Waals surface area (Å²) in [7, 11) is 1.64. The molecular formula is C31H44N2O3. The molecular weight excluding hydrogens is 448 g/mol. The van der Waals surface area contributed by atoms with Gasteiger partial charge in [-0.15, -0.1) is 0 Å². The number of amides is 2. The van der Waals surface area contributed by atoms with Gasteiger partial charge in [-0.3, -0.25) is 9.59 Å². The van der Waals surface area contributed by atoms with Crippen LogP contribution in [0.15, 0.2) is 48.5 Å². The molecule has 0 unspecified atom stereocenters. The van der Waals surface area contributed by atoms with E-state index in [-0.39, 0.29) is 23.3 Å². The highest BCUT2D eigenvalue weighted by atomic mass is 16.5. The first kappa shape index (κ1) is 27.8. The molecule has 36 heavy (non-hydrogen) atoms. The van der Waals surface area contributed by atoms with Gasteiger partial charge in [-0.1, -0.05) is 83.4 Å². The van der Waals surface area contributed by atoms with Crippen molar-refractivity contribution in [3.63, 3.8) is 0 Å². The third-order valence-electron chi connectivity index (χ3n) is 7.27. The fourth-order valence-corrected chi connectivity index (χ4v) is 5.00. The maximum Gasteiger partial charge on any atom is 0.243 e. The normalized spacial score (nSPS) is 15.2. The first-order valence-corrected chi connectivity index (χ1v) is 13.5. The smallest absolute Gasteiger partial charge is 0.243 e. The zero-order valence-electron chi connectivity index (χ0n) is 22.8. The first-order valence-electron chi connectivity index (χ1n) is 13.5. The van der Waals surface area contributed by atoms with Crippen LogP contribution in [0, 0.1) is 0 Å². The molecule has 0 aliphatic heterocycles. The summed E-state index contributed by atoms with van der Waals surface area (Å²) in [6, 6.07) is 16.0. The zero-order chi connectivity index (χ0) is 26.1. The number of rotatable bonds is 10. The Morgan fingerprint density at radius 1 is 1.03 bits per heavy atom. The van der Waals surface area contributed by atoms with Gasteiger partial charge in [0.2, 0.25) is 11.8 Å². The van der Waals surface area contributed by atoms with Gasteiger partial charge in [0, 0.05) is 19.0 Å². The molecule has 2 aromatic rings. The first-order chi connectivity index (χ1) is 17.2. The number of ether oxygens (including phenoxy) is 1. The van der Waals surface area contributed by atoms with Crippen LogP contribution < -0.4 is 10.1 Å². The number of hydrogen-bond acceptors (Lipinski definition) is 3. The van der Waals surface area contributed by atoms with Crippen LogP contribution in [-0.4, -0.2) is 35.9 Å². The Kier molecular flexibility index (Phi) is 9.98. The van der Waals surface area contributed by atoms with E-state index < -0.39 is 6.04 Å². The monoisotopic (exact) mass is 492 g/mol. The van der Waals surface area contributed by atoms with Gasteiger partial charge in [-0.25, -0.2) is 0 Å². The molecule has 1 saturated carbocycles. The topological polar surface area (TPSA) is 58.6 Å². The van der Waals surface area contributed by atoms with Crippen LogP contribution in [0.4, 0.5) is 0 Å². The number of nitrogens with zero attached hydrogens (tertiary/aromatic N) is 1. The molecule has 1 aliphatic rings. The molecule has 0 aromatic heterocycles. The highest BCUT2D eigenvalue weighted by Gasteiger charge is 2.30. The summed E-state index contributed by atoms with van der Waals surface area (Å²) in [5, 5.41) is 3.25. The van der Waals surface area contributed by atoms with Crippen LogP contribution in [0.1, 0.15) is 89.3 Å². The van der Waals surface area contributed by atoms with Crippen molar-refractivity contribution in [3.8, 4) is 5.75 Å². The molecule has 2 aromatic carbocycles. The number of hydrogen-bond donors (Lipinski definition) is 1. The van der Waals surface area contributed by atoms with Crippen molar-refractivity contribution < 1.29 is 14.3 Å². The van der Waals surface area contributed by atoms with Gasteiger partial charge >= 0.3 is 0 Å². The number of nitrogens with one attached hydrogen (secondary N) is 1. The summed E-state index contributed by atoms with van der Waals surface area (Å²) < 4.78 is 5.39. The summed E-state index contributed by atoms with van der Waals surface area (Å²) in [5.74, 6) is 0.720. The van der Waals surface area contributed by atoms with E-state index in [1.165, 1.54) is 12.0 Å². The molecule has 0 radical (unpaired) electrons. The minimum absolute atomic E-state index is 0.00311. The molecule has 5 nitrogen and oxygen atoms in total. The Morgan fingerprint density at radius 2 is 1.72 bits per heavy atom. The standard InChI is InChI=1S/C31H44N2O3/c1-6-28(30(35)32-26-12-8-7-9-13-26)33(22-24-11-10-14-27(21-24)36-5)29(34)20-17-23-15-18-25(19-16-23)31(2,3)4/h10-11,14-16,18-19,21,26,28H,6-9,12-13,17,20,22H2,1-5H3,(H,32,35)/t28-/m0/s1. The summed E-state index contributed by atoms with van der Waals surface area (Å²) in [6.45, 7) is 8.97. The van der Waals surface area contributed by atoms with Gasteiger partial charge in [0.25, 0.3) is 0 Å². The second-order valence-electron chi connectivity index (χ2n) is 11.1. The molecule has 0 heterocycles. The van der Waals surface area contributed by atoms with Crippen molar-refractivity contribution >= 4 is 11.8 Å². The average Bonchev–Trinajstić information content (AvgIpc) is 2.87. The molecule has 3 rings (SSSR count). The lowest BCUT2D eigenvalue weighted by Gasteiger charge is -2.33. The minimum Gasteiger partial charge on any atom is -0.497 e. The second-order valence-corrected chi connectivity index (χ2v) is 11.1. The van der Waals surface area contributed by atoms with E-state index in [0.29, 0.717) is 25.8 Å². The molecule has 1 atom stereocenters. The molecule has 0 saturated heterocycles. The Labute approximate surface area is 217 Å². The Morgan fingerprint density at radius 3 is 2.33 bits per heavy atom. The van der Waals surface area contributed by atoms with Crippen molar-refractivity contribution in [2.45, 2.75) is 103 Å². The average molecular weight is 493 g/mol. The molecule has 1 aliphatic carbocycles. The van der Waals surface area contributed by atoms with Gasteiger partial charge in [0.05, 0.1) is 7.11 Å². The van der Waals surface area contributed by atoms with Crippen molar-refractivity contribution in [1.82, 2.24) is 10.2 Å². The van der Waals surface area contributed by atoms with E-state index in [4.69, 9.17) is 4.74 Å². The third-order valence-corrected chi connectivity index (χ3v) is 7.27. The van der Waals surface area contributed by atoms with E-state index in [1.54, 1.807) is 12.0 Å². The molecule has 1 fully saturated rings. The van der Waals surface area contributed by atoms with E-state index in [0.717, 1.165) is 42.6 Å². The fourth-order valence-electron chi connectivity index (χ4n) is 5.00. The lowest BCUT2D eigenvalue weighted by molar-refractivity contribution is -0.141. The van der Waals surface area contributed by atoms with Crippen LogP contribution >= 0.6 is 0 Å². The number of methoxy groups -OCH3 is 1. The Balaban J connectivity index is 1.75. The van der Waals surface area contributed by atoms with E-state index in [9.17, 15) is 9.59 Å². The van der Waals surface area contributed by atoms with Gasteiger partial charge in [-0.2, -0.15) is 0 Å². The van der Waals surface area contributed by atoms with E-state index >= 15 is 0 Å². The van der Waals surface area contributed by atoms with Crippen LogP contribution in [0.3, 0.4) is 0 Å². The maximum atomic E-state index is 13.6. The predicted octanol–water partition coefficient (Wildman–Crippen LogP) is 6.18. The summed E-state index contributed by atoms with van der Waals surface area (Å²) >= 11 is 0. The highest BCUT2D eigenvalue weighted by Crippen LogP contribution is 2.24. The van der Waals surface area contributed by atoms with Crippen LogP contribution in [0.2, 0.25) is 0 Å². The van der Waals surface area contributed by atoms with E-state index in [2.05, 4.69) is 50.4 Å². The summed E-state index contributed by atoms with van der Waals surface area (Å²) in [6.07, 6.45) is 7.19. The summed E-state index contributed by atoms with van der Waals surface area (Å²) in [4.78, 5) is 28.8. The lowest BCUT2D eigenvalue weighted by Crippen LogP contribution is -2.51. The largest absolute Gasteiger partial charge is 0.497 e. The molecule has 1 N–H and O–H groups in total. The summed E-state index contributed by atoms with van der Waals surface area (Å²) in [5.41, 5.74) is 3.48. The predicted molar refractivity (Wildman–Crippen MR) is 146 cm³/mol. The van der Waals surface area contributed by atoms with Crippen LogP contribution in [0.25, 0.3) is 0 Å².